The third kappa shape index (κ3) is 3.94. The number of halogens is 3. The molecule has 0 aliphatic heterocycles. The molecule has 0 amide bonds. The molecule has 0 aliphatic rings. The molecule has 1 unspecified atom stereocenters. The third-order valence-electron chi connectivity index (χ3n) is 4.45. The summed E-state index contributed by atoms with van der Waals surface area (Å²) in [6.45, 7) is 0.524. The Kier molecular flexibility index (Phi) is 4.97. The van der Waals surface area contributed by atoms with Crippen LogP contribution >= 0.6 is 11.3 Å². The van der Waals surface area contributed by atoms with Crippen LogP contribution in [0.4, 0.5) is 18.9 Å². The van der Waals surface area contributed by atoms with Crippen molar-refractivity contribution in [3.05, 3.63) is 58.5 Å². The molecule has 0 bridgehead atoms. The number of aromatic nitrogens is 3. The number of anilines is 1. The van der Waals surface area contributed by atoms with Crippen LogP contribution in [0.1, 0.15) is 16.7 Å². The summed E-state index contributed by atoms with van der Waals surface area (Å²) in [7, 11) is 1.86. The molecule has 29 heavy (non-hydrogen) atoms. The quantitative estimate of drug-likeness (QED) is 0.510. The highest BCUT2D eigenvalue weighted by Crippen LogP contribution is 2.36. The van der Waals surface area contributed by atoms with E-state index in [9.17, 15) is 18.3 Å². The molecule has 0 saturated carbocycles. The highest BCUT2D eigenvalue weighted by molar-refractivity contribution is 7.09. The molecule has 4 rings (SSSR count). The van der Waals surface area contributed by atoms with Gasteiger partial charge in [0.1, 0.15) is 10.5 Å². The lowest BCUT2D eigenvalue weighted by Gasteiger charge is -2.19. The van der Waals surface area contributed by atoms with Crippen LogP contribution in [0.3, 0.4) is 0 Å². The lowest BCUT2D eigenvalue weighted by atomic mass is 9.99. The van der Waals surface area contributed by atoms with Gasteiger partial charge >= 0.3 is 6.18 Å². The largest absolute Gasteiger partial charge is 0.418 e. The highest BCUT2D eigenvalue weighted by atomic mass is 32.1. The van der Waals surface area contributed by atoms with Crippen molar-refractivity contribution in [1.82, 2.24) is 15.3 Å². The lowest BCUT2D eigenvalue weighted by molar-refractivity contribution is -0.206. The number of benzene rings is 2. The Morgan fingerprint density at radius 2 is 2.00 bits per heavy atom. The molecule has 2 heterocycles. The summed E-state index contributed by atoms with van der Waals surface area (Å²) >= 11 is 1.51. The summed E-state index contributed by atoms with van der Waals surface area (Å²) in [6, 6.07) is 9.20. The number of rotatable bonds is 5. The maximum absolute atomic E-state index is 12.9. The fourth-order valence-corrected chi connectivity index (χ4v) is 3.70. The number of hydrogen-bond donors (Lipinski definition) is 1. The van der Waals surface area contributed by atoms with Gasteiger partial charge in [0.2, 0.25) is 0 Å². The van der Waals surface area contributed by atoms with Crippen LogP contribution in [0.25, 0.3) is 22.2 Å². The third-order valence-corrected chi connectivity index (χ3v) is 5.22. The molecule has 2 aromatic heterocycles. The summed E-state index contributed by atoms with van der Waals surface area (Å²) in [5.41, 5.74) is 2.64. The number of thiazole rings is 1. The molecular formula is C19H15F3N4O2S. The SMILES string of the molecule is CN(Cc1nccs1)c1cc(-c2cccc(C(O)C(F)(F)F)c2)cc2nonc12. The first-order valence-corrected chi connectivity index (χ1v) is 9.42. The van der Waals surface area contributed by atoms with Crippen molar-refractivity contribution in [2.24, 2.45) is 0 Å². The second-order valence-electron chi connectivity index (χ2n) is 6.48. The number of aliphatic hydroxyl groups is 1. The minimum Gasteiger partial charge on any atom is -0.379 e. The zero-order chi connectivity index (χ0) is 20.6. The van der Waals surface area contributed by atoms with Crippen molar-refractivity contribution < 1.29 is 22.9 Å². The van der Waals surface area contributed by atoms with Crippen LogP contribution < -0.4 is 4.90 Å². The molecule has 1 atom stereocenters. The van der Waals surface area contributed by atoms with E-state index in [4.69, 9.17) is 4.63 Å². The Morgan fingerprint density at radius 3 is 2.72 bits per heavy atom. The first-order valence-electron chi connectivity index (χ1n) is 8.54. The van der Waals surface area contributed by atoms with E-state index in [0.29, 0.717) is 34.4 Å². The van der Waals surface area contributed by atoms with Gasteiger partial charge in [-0.05, 0) is 45.2 Å². The Balaban J connectivity index is 1.75. The fraction of sp³-hybridized carbons (Fsp3) is 0.211. The topological polar surface area (TPSA) is 75.3 Å². The van der Waals surface area contributed by atoms with Crippen LogP contribution in [0, 0.1) is 0 Å². The fourth-order valence-electron chi connectivity index (χ4n) is 3.03. The summed E-state index contributed by atoms with van der Waals surface area (Å²) < 4.78 is 43.5. The van der Waals surface area contributed by atoms with Crippen LogP contribution in [0.2, 0.25) is 0 Å². The Labute approximate surface area is 167 Å². The first-order chi connectivity index (χ1) is 13.8. The summed E-state index contributed by atoms with van der Waals surface area (Å²) in [6.07, 6.45) is -5.57. The van der Waals surface area contributed by atoms with E-state index >= 15 is 0 Å². The Hall–Kier alpha value is -2.98. The predicted molar refractivity (Wildman–Crippen MR) is 102 cm³/mol. The molecule has 0 radical (unpaired) electrons. The molecule has 1 N–H and O–H groups in total. The lowest BCUT2D eigenvalue weighted by Crippen LogP contribution is -2.20. The Morgan fingerprint density at radius 1 is 1.17 bits per heavy atom. The normalized spacial score (nSPS) is 13.0. The van der Waals surface area contributed by atoms with Crippen molar-refractivity contribution in [2.45, 2.75) is 18.8 Å². The van der Waals surface area contributed by atoms with E-state index in [2.05, 4.69) is 15.3 Å². The standard InChI is InChI=1S/C19H15F3N4O2S/c1-26(10-16-23-5-6-29-16)15-9-13(8-14-17(15)25-28-24-14)11-3-2-4-12(7-11)18(27)19(20,21)22/h2-9,18,27H,10H2,1H3. The van der Waals surface area contributed by atoms with Gasteiger partial charge in [-0.2, -0.15) is 13.2 Å². The van der Waals surface area contributed by atoms with Crippen LogP contribution in [0.5, 0.6) is 0 Å². The zero-order valence-electron chi connectivity index (χ0n) is 15.1. The van der Waals surface area contributed by atoms with Gasteiger partial charge in [-0.15, -0.1) is 11.3 Å². The van der Waals surface area contributed by atoms with Crippen LogP contribution in [0.15, 0.2) is 52.6 Å². The van der Waals surface area contributed by atoms with Crippen molar-refractivity contribution in [1.29, 1.82) is 0 Å². The molecule has 150 valence electrons. The van der Waals surface area contributed by atoms with Gasteiger partial charge in [0, 0.05) is 18.6 Å². The molecule has 0 spiro atoms. The maximum atomic E-state index is 12.9. The molecule has 0 saturated heterocycles. The number of hydrogen-bond acceptors (Lipinski definition) is 7. The molecule has 0 fully saturated rings. The average molecular weight is 420 g/mol. The molecule has 2 aromatic carbocycles. The summed E-state index contributed by atoms with van der Waals surface area (Å²) in [5, 5.41) is 20.2. The summed E-state index contributed by atoms with van der Waals surface area (Å²) in [4.78, 5) is 6.19. The predicted octanol–water partition coefficient (Wildman–Crippen LogP) is 4.58. The molecule has 10 heteroatoms. The van der Waals surface area contributed by atoms with Crippen molar-refractivity contribution in [2.75, 3.05) is 11.9 Å². The number of alkyl halides is 3. The number of nitrogens with zero attached hydrogens (tertiary/aromatic N) is 4. The van der Waals surface area contributed by atoms with E-state index < -0.39 is 12.3 Å². The van der Waals surface area contributed by atoms with Gasteiger partial charge in [-0.3, -0.25) is 0 Å². The smallest absolute Gasteiger partial charge is 0.379 e. The number of aliphatic hydroxyl groups excluding tert-OH is 1. The van der Waals surface area contributed by atoms with Crippen molar-refractivity contribution >= 4 is 28.1 Å². The van der Waals surface area contributed by atoms with Crippen LogP contribution in [-0.4, -0.2) is 33.6 Å². The minimum atomic E-state index is -4.74. The van der Waals surface area contributed by atoms with Crippen molar-refractivity contribution in [3.63, 3.8) is 0 Å². The molecule has 6 nitrogen and oxygen atoms in total. The Bertz CT molecular complexity index is 1130. The van der Waals surface area contributed by atoms with E-state index in [-0.39, 0.29) is 5.56 Å². The molecule has 0 aliphatic carbocycles. The van der Waals surface area contributed by atoms with Gasteiger partial charge in [0.05, 0.1) is 12.2 Å². The van der Waals surface area contributed by atoms with Gasteiger partial charge < -0.3 is 10.0 Å². The second kappa shape index (κ2) is 7.45. The molecular weight excluding hydrogens is 405 g/mol. The van der Waals surface area contributed by atoms with Gasteiger partial charge in [0.15, 0.2) is 11.6 Å². The summed E-state index contributed by atoms with van der Waals surface area (Å²) in [5.74, 6) is 0. The van der Waals surface area contributed by atoms with E-state index in [1.54, 1.807) is 24.4 Å². The first kappa shape index (κ1) is 19.3. The number of fused-ring (bicyclic) bond motifs is 1. The van der Waals surface area contributed by atoms with Gasteiger partial charge in [-0.1, -0.05) is 18.2 Å². The van der Waals surface area contributed by atoms with E-state index in [0.717, 1.165) is 5.01 Å². The van der Waals surface area contributed by atoms with Crippen molar-refractivity contribution in [3.8, 4) is 11.1 Å². The van der Waals surface area contributed by atoms with Gasteiger partial charge in [-0.25, -0.2) is 9.61 Å². The highest BCUT2D eigenvalue weighted by Gasteiger charge is 2.39. The molecule has 4 aromatic rings. The second-order valence-corrected chi connectivity index (χ2v) is 7.46. The maximum Gasteiger partial charge on any atom is 0.418 e. The zero-order valence-corrected chi connectivity index (χ0v) is 15.9. The van der Waals surface area contributed by atoms with E-state index in [1.165, 1.54) is 29.5 Å². The van der Waals surface area contributed by atoms with E-state index in [1.807, 2.05) is 17.3 Å². The van der Waals surface area contributed by atoms with Gasteiger partial charge in [0.25, 0.3) is 0 Å². The monoisotopic (exact) mass is 420 g/mol. The minimum absolute atomic E-state index is 0.230. The average Bonchev–Trinajstić information content (AvgIpc) is 3.37. The van der Waals surface area contributed by atoms with Crippen LogP contribution in [-0.2, 0) is 6.54 Å².